The SMILES string of the molecule is CN(CCC(F)(F)F)c1ccc(CBr)cc1Cl. The number of alkyl halides is 4. The third-order valence-corrected chi connectivity index (χ3v) is 3.26. The zero-order valence-electron chi connectivity index (χ0n) is 9.19. The van der Waals surface area contributed by atoms with Crippen LogP contribution in [0.4, 0.5) is 18.9 Å². The molecule has 0 spiro atoms. The van der Waals surface area contributed by atoms with Crippen molar-refractivity contribution in [3.63, 3.8) is 0 Å². The van der Waals surface area contributed by atoms with Crippen molar-refractivity contribution in [2.24, 2.45) is 0 Å². The first kappa shape index (κ1) is 14.6. The molecule has 0 unspecified atom stereocenters. The molecule has 0 saturated carbocycles. The summed E-state index contributed by atoms with van der Waals surface area (Å²) in [6.45, 7) is -0.100. The minimum Gasteiger partial charge on any atom is -0.373 e. The number of hydrogen-bond acceptors (Lipinski definition) is 1. The van der Waals surface area contributed by atoms with Crippen LogP contribution in [0.25, 0.3) is 0 Å². The Morgan fingerprint density at radius 2 is 2.00 bits per heavy atom. The van der Waals surface area contributed by atoms with Crippen LogP contribution in [0.5, 0.6) is 0 Å². The van der Waals surface area contributed by atoms with E-state index in [9.17, 15) is 13.2 Å². The molecule has 17 heavy (non-hydrogen) atoms. The summed E-state index contributed by atoms with van der Waals surface area (Å²) >= 11 is 9.30. The molecule has 1 rings (SSSR count). The Hall–Kier alpha value is -0.420. The minimum absolute atomic E-state index is 0.100. The van der Waals surface area contributed by atoms with E-state index in [-0.39, 0.29) is 6.54 Å². The maximum absolute atomic E-state index is 12.1. The van der Waals surface area contributed by atoms with Crippen molar-refractivity contribution in [3.05, 3.63) is 28.8 Å². The average Bonchev–Trinajstić information content (AvgIpc) is 2.24. The van der Waals surface area contributed by atoms with E-state index in [0.717, 1.165) is 5.56 Å². The van der Waals surface area contributed by atoms with Crippen molar-refractivity contribution in [3.8, 4) is 0 Å². The highest BCUT2D eigenvalue weighted by Gasteiger charge is 2.27. The third kappa shape index (κ3) is 4.76. The van der Waals surface area contributed by atoms with Gasteiger partial charge < -0.3 is 4.90 Å². The summed E-state index contributed by atoms with van der Waals surface area (Å²) in [5.74, 6) is 0. The molecule has 1 aromatic rings. The maximum Gasteiger partial charge on any atom is 0.390 e. The molecule has 1 nitrogen and oxygen atoms in total. The number of hydrogen-bond donors (Lipinski definition) is 0. The smallest absolute Gasteiger partial charge is 0.373 e. The molecular weight excluding hydrogens is 318 g/mol. The normalized spacial score (nSPS) is 11.6. The van der Waals surface area contributed by atoms with E-state index in [4.69, 9.17) is 11.6 Å². The van der Waals surface area contributed by atoms with Crippen LogP contribution in [-0.2, 0) is 5.33 Å². The van der Waals surface area contributed by atoms with Gasteiger partial charge in [-0.15, -0.1) is 0 Å². The molecule has 1 aromatic carbocycles. The molecule has 0 radical (unpaired) electrons. The van der Waals surface area contributed by atoms with Crippen molar-refractivity contribution in [1.82, 2.24) is 0 Å². The van der Waals surface area contributed by atoms with E-state index in [1.807, 2.05) is 6.07 Å². The molecule has 0 aliphatic heterocycles. The van der Waals surface area contributed by atoms with Crippen LogP contribution in [0, 0.1) is 0 Å². The van der Waals surface area contributed by atoms with Gasteiger partial charge in [-0.2, -0.15) is 13.2 Å². The second kappa shape index (κ2) is 5.96. The molecule has 0 heterocycles. The Bertz CT molecular complexity index is 381. The molecule has 0 aliphatic rings. The largest absolute Gasteiger partial charge is 0.390 e. The molecule has 0 amide bonds. The van der Waals surface area contributed by atoms with Gasteiger partial charge in [0, 0.05) is 18.9 Å². The van der Waals surface area contributed by atoms with Crippen molar-refractivity contribution < 1.29 is 13.2 Å². The average molecular weight is 331 g/mol. The lowest BCUT2D eigenvalue weighted by molar-refractivity contribution is -0.132. The van der Waals surface area contributed by atoms with Crippen LogP contribution < -0.4 is 4.90 Å². The molecule has 0 N–H and O–H groups in total. The molecular formula is C11H12BrClF3N. The Balaban J connectivity index is 2.72. The van der Waals surface area contributed by atoms with Crippen molar-refractivity contribution in [2.45, 2.75) is 17.9 Å². The van der Waals surface area contributed by atoms with Crippen molar-refractivity contribution >= 4 is 33.2 Å². The molecule has 0 aliphatic carbocycles. The zero-order chi connectivity index (χ0) is 13.1. The number of rotatable bonds is 4. The van der Waals surface area contributed by atoms with Gasteiger partial charge in [0.2, 0.25) is 0 Å². The summed E-state index contributed by atoms with van der Waals surface area (Å²) < 4.78 is 36.3. The number of benzene rings is 1. The first-order valence-corrected chi connectivity index (χ1v) is 6.45. The summed E-state index contributed by atoms with van der Waals surface area (Å²) in [4.78, 5) is 1.51. The molecule has 0 bridgehead atoms. The highest BCUT2D eigenvalue weighted by atomic mass is 79.9. The van der Waals surface area contributed by atoms with E-state index in [0.29, 0.717) is 16.0 Å². The van der Waals surface area contributed by atoms with Crippen LogP contribution in [0.1, 0.15) is 12.0 Å². The molecule has 96 valence electrons. The van der Waals surface area contributed by atoms with E-state index in [1.54, 1.807) is 19.2 Å². The summed E-state index contributed by atoms with van der Waals surface area (Å²) in [5.41, 5.74) is 1.60. The summed E-state index contributed by atoms with van der Waals surface area (Å²) in [7, 11) is 1.60. The molecule has 0 aromatic heterocycles. The lowest BCUT2D eigenvalue weighted by Gasteiger charge is -2.21. The molecule has 0 fully saturated rings. The predicted octanol–water partition coefficient (Wildman–Crippen LogP) is 4.62. The van der Waals surface area contributed by atoms with Gasteiger partial charge in [0.1, 0.15) is 0 Å². The van der Waals surface area contributed by atoms with E-state index < -0.39 is 12.6 Å². The Morgan fingerprint density at radius 3 is 2.47 bits per heavy atom. The zero-order valence-corrected chi connectivity index (χ0v) is 11.5. The van der Waals surface area contributed by atoms with Gasteiger partial charge in [0.25, 0.3) is 0 Å². The maximum atomic E-state index is 12.1. The quantitative estimate of drug-likeness (QED) is 0.728. The summed E-state index contributed by atoms with van der Waals surface area (Å²) in [6.07, 6.45) is -4.99. The molecule has 0 atom stereocenters. The van der Waals surface area contributed by atoms with Gasteiger partial charge in [-0.1, -0.05) is 33.6 Å². The fraction of sp³-hybridized carbons (Fsp3) is 0.455. The van der Waals surface area contributed by atoms with Gasteiger partial charge in [-0.3, -0.25) is 0 Å². The second-order valence-electron chi connectivity index (χ2n) is 3.71. The monoisotopic (exact) mass is 329 g/mol. The number of anilines is 1. The van der Waals surface area contributed by atoms with E-state index in [2.05, 4.69) is 15.9 Å². The van der Waals surface area contributed by atoms with Crippen LogP contribution in [0.2, 0.25) is 5.02 Å². The van der Waals surface area contributed by atoms with Crippen molar-refractivity contribution in [2.75, 3.05) is 18.5 Å². The first-order chi connectivity index (χ1) is 7.83. The Labute approximate surface area is 112 Å². The van der Waals surface area contributed by atoms with Crippen LogP contribution in [0.3, 0.4) is 0 Å². The summed E-state index contributed by atoms with van der Waals surface area (Å²) in [6, 6.07) is 5.31. The van der Waals surface area contributed by atoms with E-state index in [1.165, 1.54) is 4.90 Å². The summed E-state index contributed by atoms with van der Waals surface area (Å²) in [5, 5.41) is 1.13. The van der Waals surface area contributed by atoms with Crippen LogP contribution in [0.15, 0.2) is 18.2 Å². The first-order valence-electron chi connectivity index (χ1n) is 4.96. The number of nitrogens with zero attached hydrogens (tertiary/aromatic N) is 1. The Kier molecular flexibility index (Phi) is 5.13. The molecule has 0 saturated heterocycles. The van der Waals surface area contributed by atoms with Gasteiger partial charge >= 0.3 is 6.18 Å². The second-order valence-corrected chi connectivity index (χ2v) is 4.67. The highest BCUT2D eigenvalue weighted by molar-refractivity contribution is 9.08. The fourth-order valence-electron chi connectivity index (χ4n) is 1.36. The lowest BCUT2D eigenvalue weighted by atomic mass is 10.2. The van der Waals surface area contributed by atoms with Gasteiger partial charge in [-0.05, 0) is 17.7 Å². The topological polar surface area (TPSA) is 3.24 Å². The Morgan fingerprint density at radius 1 is 1.35 bits per heavy atom. The van der Waals surface area contributed by atoms with Gasteiger partial charge in [-0.25, -0.2) is 0 Å². The van der Waals surface area contributed by atoms with Crippen molar-refractivity contribution in [1.29, 1.82) is 0 Å². The predicted molar refractivity (Wildman–Crippen MR) is 68.0 cm³/mol. The van der Waals surface area contributed by atoms with Crippen LogP contribution >= 0.6 is 27.5 Å². The standard InChI is InChI=1S/C11H12BrClF3N/c1-17(5-4-11(14,15)16)10-3-2-8(7-12)6-9(10)13/h2-3,6H,4-5,7H2,1H3. The highest BCUT2D eigenvalue weighted by Crippen LogP contribution is 2.28. The molecule has 6 heteroatoms. The van der Waals surface area contributed by atoms with Gasteiger partial charge in [0.05, 0.1) is 17.1 Å². The minimum atomic E-state index is -4.14. The number of halogens is 5. The van der Waals surface area contributed by atoms with Crippen LogP contribution in [-0.4, -0.2) is 19.8 Å². The van der Waals surface area contributed by atoms with E-state index >= 15 is 0 Å². The fourth-order valence-corrected chi connectivity index (χ4v) is 2.05. The lowest BCUT2D eigenvalue weighted by Crippen LogP contribution is -2.24. The van der Waals surface area contributed by atoms with Gasteiger partial charge in [0.15, 0.2) is 0 Å². The third-order valence-electron chi connectivity index (χ3n) is 2.31.